The maximum absolute atomic E-state index is 10.6. The first-order chi connectivity index (χ1) is 8.98. The van der Waals surface area contributed by atoms with Crippen molar-refractivity contribution < 1.29 is 5.11 Å². The Hall–Kier alpha value is -0.820. The highest BCUT2D eigenvalue weighted by Gasteiger charge is 2.54. The summed E-state index contributed by atoms with van der Waals surface area (Å²) < 4.78 is 0. The lowest BCUT2D eigenvalue weighted by Crippen LogP contribution is -2.11. The van der Waals surface area contributed by atoms with Gasteiger partial charge < -0.3 is 5.11 Å². The van der Waals surface area contributed by atoms with E-state index in [4.69, 9.17) is 0 Å². The molecule has 2 aliphatic carbocycles. The SMILES string of the molecule is CC(C)(C)c1ccc(C(O)C2C3CCCCC32)cc1. The van der Waals surface area contributed by atoms with Crippen LogP contribution in [-0.2, 0) is 5.41 Å². The molecule has 1 N–H and O–H groups in total. The van der Waals surface area contributed by atoms with Crippen LogP contribution in [0, 0.1) is 17.8 Å². The normalized spacial score (nSPS) is 31.7. The molecular weight excluding hydrogens is 232 g/mol. The predicted molar refractivity (Wildman–Crippen MR) is 79.0 cm³/mol. The molecule has 0 saturated heterocycles. The van der Waals surface area contributed by atoms with Crippen LogP contribution in [0.4, 0.5) is 0 Å². The third-order valence-corrected chi connectivity index (χ3v) is 5.21. The molecule has 3 rings (SSSR count). The molecule has 0 radical (unpaired) electrons. The Labute approximate surface area is 117 Å². The molecule has 0 spiro atoms. The summed E-state index contributed by atoms with van der Waals surface area (Å²) in [4.78, 5) is 0. The molecule has 1 aromatic carbocycles. The van der Waals surface area contributed by atoms with Gasteiger partial charge in [0.15, 0.2) is 0 Å². The lowest BCUT2D eigenvalue weighted by molar-refractivity contribution is 0.142. The Morgan fingerprint density at radius 1 is 1.00 bits per heavy atom. The van der Waals surface area contributed by atoms with E-state index in [2.05, 4.69) is 45.0 Å². The van der Waals surface area contributed by atoms with Crippen LogP contribution in [0.1, 0.15) is 63.7 Å². The maximum atomic E-state index is 10.6. The minimum absolute atomic E-state index is 0.192. The second-order valence-corrected chi connectivity index (χ2v) is 7.51. The summed E-state index contributed by atoms with van der Waals surface area (Å²) in [5.74, 6) is 2.17. The third kappa shape index (κ3) is 2.45. The number of hydrogen-bond donors (Lipinski definition) is 1. The summed E-state index contributed by atoms with van der Waals surface area (Å²) in [6.45, 7) is 6.69. The van der Waals surface area contributed by atoms with E-state index in [0.29, 0.717) is 5.92 Å². The first-order valence-corrected chi connectivity index (χ1v) is 7.77. The molecule has 104 valence electrons. The van der Waals surface area contributed by atoms with Gasteiger partial charge >= 0.3 is 0 Å². The van der Waals surface area contributed by atoms with Crippen molar-refractivity contribution in [3.05, 3.63) is 35.4 Å². The number of hydrogen-bond acceptors (Lipinski definition) is 1. The zero-order valence-electron chi connectivity index (χ0n) is 12.4. The highest BCUT2D eigenvalue weighted by Crippen LogP contribution is 2.60. The van der Waals surface area contributed by atoms with E-state index >= 15 is 0 Å². The first-order valence-electron chi connectivity index (χ1n) is 7.77. The molecule has 0 bridgehead atoms. The van der Waals surface area contributed by atoms with Gasteiger partial charge in [-0.05, 0) is 47.1 Å². The van der Waals surface area contributed by atoms with Gasteiger partial charge in [0, 0.05) is 0 Å². The van der Waals surface area contributed by atoms with Crippen LogP contribution in [0.3, 0.4) is 0 Å². The summed E-state index contributed by atoms with van der Waals surface area (Å²) in [6.07, 6.45) is 5.18. The van der Waals surface area contributed by atoms with Gasteiger partial charge in [0.05, 0.1) is 6.10 Å². The van der Waals surface area contributed by atoms with E-state index in [1.54, 1.807) is 0 Å². The van der Waals surface area contributed by atoms with Gasteiger partial charge in [-0.1, -0.05) is 57.9 Å². The zero-order valence-corrected chi connectivity index (χ0v) is 12.4. The average Bonchev–Trinajstić information content (AvgIpc) is 3.11. The van der Waals surface area contributed by atoms with Crippen LogP contribution in [-0.4, -0.2) is 5.11 Å². The van der Waals surface area contributed by atoms with Crippen molar-refractivity contribution in [1.29, 1.82) is 0 Å². The minimum atomic E-state index is -0.234. The number of benzene rings is 1. The lowest BCUT2D eigenvalue weighted by Gasteiger charge is -2.20. The minimum Gasteiger partial charge on any atom is -0.388 e. The lowest BCUT2D eigenvalue weighted by atomic mass is 9.86. The molecule has 3 unspecified atom stereocenters. The van der Waals surface area contributed by atoms with Crippen molar-refractivity contribution in [1.82, 2.24) is 0 Å². The number of aliphatic hydroxyl groups is 1. The van der Waals surface area contributed by atoms with E-state index in [9.17, 15) is 5.11 Å². The molecule has 2 aliphatic rings. The number of fused-ring (bicyclic) bond motifs is 1. The van der Waals surface area contributed by atoms with Gasteiger partial charge in [-0.25, -0.2) is 0 Å². The maximum Gasteiger partial charge on any atom is 0.0823 e. The van der Waals surface area contributed by atoms with Gasteiger partial charge in [-0.3, -0.25) is 0 Å². The van der Waals surface area contributed by atoms with Crippen molar-refractivity contribution in [3.8, 4) is 0 Å². The first kappa shape index (κ1) is 13.2. The molecule has 1 heteroatoms. The Bertz CT molecular complexity index is 428. The molecule has 3 atom stereocenters. The molecule has 1 aromatic rings. The summed E-state index contributed by atoms with van der Waals surface area (Å²) in [7, 11) is 0. The quantitative estimate of drug-likeness (QED) is 0.830. The summed E-state index contributed by atoms with van der Waals surface area (Å²) in [5.41, 5.74) is 2.65. The van der Waals surface area contributed by atoms with Crippen LogP contribution < -0.4 is 0 Å². The van der Waals surface area contributed by atoms with Gasteiger partial charge in [0.1, 0.15) is 0 Å². The number of rotatable bonds is 2. The van der Waals surface area contributed by atoms with E-state index in [1.807, 2.05) is 0 Å². The monoisotopic (exact) mass is 258 g/mol. The average molecular weight is 258 g/mol. The molecule has 0 aromatic heterocycles. The Morgan fingerprint density at radius 2 is 1.53 bits per heavy atom. The van der Waals surface area contributed by atoms with Crippen molar-refractivity contribution >= 4 is 0 Å². The van der Waals surface area contributed by atoms with Crippen molar-refractivity contribution in [2.45, 2.75) is 58.0 Å². The number of aliphatic hydroxyl groups excluding tert-OH is 1. The molecule has 19 heavy (non-hydrogen) atoms. The fraction of sp³-hybridized carbons (Fsp3) is 0.667. The topological polar surface area (TPSA) is 20.2 Å². The van der Waals surface area contributed by atoms with Gasteiger partial charge in [0.25, 0.3) is 0 Å². The Morgan fingerprint density at radius 3 is 2.00 bits per heavy atom. The second kappa shape index (κ2) is 4.63. The van der Waals surface area contributed by atoms with Crippen LogP contribution in [0.2, 0.25) is 0 Å². The van der Waals surface area contributed by atoms with E-state index in [0.717, 1.165) is 17.4 Å². The van der Waals surface area contributed by atoms with Gasteiger partial charge in [0.2, 0.25) is 0 Å². The third-order valence-electron chi connectivity index (χ3n) is 5.21. The predicted octanol–water partition coefficient (Wildman–Crippen LogP) is 4.45. The van der Waals surface area contributed by atoms with Crippen molar-refractivity contribution in [3.63, 3.8) is 0 Å². The molecular formula is C18H26O. The Balaban J connectivity index is 1.72. The van der Waals surface area contributed by atoms with Crippen LogP contribution in [0.25, 0.3) is 0 Å². The van der Waals surface area contributed by atoms with Crippen molar-refractivity contribution in [2.75, 3.05) is 0 Å². The fourth-order valence-corrected chi connectivity index (χ4v) is 3.92. The molecule has 0 aliphatic heterocycles. The van der Waals surface area contributed by atoms with Gasteiger partial charge in [-0.2, -0.15) is 0 Å². The molecule has 0 heterocycles. The van der Waals surface area contributed by atoms with Crippen LogP contribution >= 0.6 is 0 Å². The Kier molecular flexibility index (Phi) is 3.21. The largest absolute Gasteiger partial charge is 0.388 e. The fourth-order valence-electron chi connectivity index (χ4n) is 3.92. The zero-order chi connectivity index (χ0) is 13.6. The molecule has 0 amide bonds. The standard InChI is InChI=1S/C18H26O/c1-18(2,3)13-10-8-12(9-11-13)17(19)16-14-6-4-5-7-15(14)16/h8-11,14-17,19H,4-7H2,1-3H3. The highest BCUT2D eigenvalue weighted by atomic mass is 16.3. The molecule has 2 saturated carbocycles. The van der Waals surface area contributed by atoms with Crippen molar-refractivity contribution in [2.24, 2.45) is 17.8 Å². The van der Waals surface area contributed by atoms with E-state index in [1.165, 1.54) is 31.2 Å². The van der Waals surface area contributed by atoms with Crippen LogP contribution in [0.5, 0.6) is 0 Å². The van der Waals surface area contributed by atoms with Crippen LogP contribution in [0.15, 0.2) is 24.3 Å². The van der Waals surface area contributed by atoms with Gasteiger partial charge in [-0.15, -0.1) is 0 Å². The smallest absolute Gasteiger partial charge is 0.0823 e. The second-order valence-electron chi connectivity index (χ2n) is 7.51. The highest BCUT2D eigenvalue weighted by molar-refractivity contribution is 5.30. The summed E-state index contributed by atoms with van der Waals surface area (Å²) >= 11 is 0. The summed E-state index contributed by atoms with van der Waals surface area (Å²) in [5, 5.41) is 10.6. The summed E-state index contributed by atoms with van der Waals surface area (Å²) in [6, 6.07) is 8.64. The molecule has 1 nitrogen and oxygen atoms in total. The van der Waals surface area contributed by atoms with E-state index in [-0.39, 0.29) is 11.5 Å². The molecule has 2 fully saturated rings. The van der Waals surface area contributed by atoms with E-state index < -0.39 is 0 Å².